The van der Waals surface area contributed by atoms with Gasteiger partial charge in [-0.05, 0) is 35.4 Å². The average Bonchev–Trinajstić information content (AvgIpc) is 3.19. The van der Waals surface area contributed by atoms with Crippen molar-refractivity contribution in [1.29, 1.82) is 0 Å². The summed E-state index contributed by atoms with van der Waals surface area (Å²) in [4.78, 5) is 39.2. The molecule has 3 aromatic rings. The Morgan fingerprint density at radius 3 is 2.47 bits per heavy atom. The number of hydrogen-bond donors (Lipinski definition) is 2. The third kappa shape index (κ3) is 4.94. The van der Waals surface area contributed by atoms with Crippen molar-refractivity contribution in [3.8, 4) is 0 Å². The van der Waals surface area contributed by atoms with E-state index in [9.17, 15) is 14.4 Å². The van der Waals surface area contributed by atoms with E-state index in [1.165, 1.54) is 20.3 Å². The number of fused-ring (bicyclic) bond motifs is 1. The summed E-state index contributed by atoms with van der Waals surface area (Å²) in [5, 5.41) is 3.68. The first-order chi connectivity index (χ1) is 14.5. The minimum atomic E-state index is -0.826. The topological polar surface area (TPSA) is 97.5 Å². The number of ether oxygens (including phenoxy) is 2. The first kappa shape index (κ1) is 20.9. The molecule has 0 spiro atoms. The van der Waals surface area contributed by atoms with Gasteiger partial charge in [0.25, 0.3) is 0 Å². The summed E-state index contributed by atoms with van der Waals surface area (Å²) < 4.78 is 9.51. The second kappa shape index (κ2) is 9.56. The molecule has 0 bridgehead atoms. The Morgan fingerprint density at radius 2 is 1.77 bits per heavy atom. The summed E-state index contributed by atoms with van der Waals surface area (Å²) >= 11 is 0. The van der Waals surface area contributed by atoms with Crippen LogP contribution in [0.2, 0.25) is 0 Å². The standard InChI is InChI=1S/C23H22N2O5/c1-29-22(27)16-10-7-15(8-11-16)9-12-21(26)25-20(23(28)30-2)13-17-14-24-19-6-4-3-5-18(17)19/h3-12,14,20,24H,13H2,1-2H3,(H,25,26)/t20-/m1/s1. The van der Waals surface area contributed by atoms with Crippen molar-refractivity contribution in [3.63, 3.8) is 0 Å². The second-order valence-electron chi connectivity index (χ2n) is 6.59. The van der Waals surface area contributed by atoms with Gasteiger partial charge in [0.2, 0.25) is 5.91 Å². The quantitative estimate of drug-likeness (QED) is 0.465. The van der Waals surface area contributed by atoms with Crippen LogP contribution in [0.25, 0.3) is 17.0 Å². The monoisotopic (exact) mass is 406 g/mol. The van der Waals surface area contributed by atoms with E-state index in [-0.39, 0.29) is 0 Å². The Kier molecular flexibility index (Phi) is 6.64. The maximum Gasteiger partial charge on any atom is 0.337 e. The van der Waals surface area contributed by atoms with Crippen molar-refractivity contribution in [3.05, 3.63) is 77.5 Å². The van der Waals surface area contributed by atoms with E-state index in [1.54, 1.807) is 30.3 Å². The smallest absolute Gasteiger partial charge is 0.337 e. The van der Waals surface area contributed by atoms with Gasteiger partial charge in [0.15, 0.2) is 0 Å². The molecule has 0 aliphatic heterocycles. The van der Waals surface area contributed by atoms with Gasteiger partial charge in [-0.3, -0.25) is 4.79 Å². The molecule has 7 nitrogen and oxygen atoms in total. The van der Waals surface area contributed by atoms with Crippen molar-refractivity contribution in [2.75, 3.05) is 14.2 Å². The van der Waals surface area contributed by atoms with Crippen LogP contribution in [-0.4, -0.2) is 43.1 Å². The summed E-state index contributed by atoms with van der Waals surface area (Å²) in [7, 11) is 2.60. The first-order valence-corrected chi connectivity index (χ1v) is 9.31. The van der Waals surface area contributed by atoms with Crippen LogP contribution in [0.5, 0.6) is 0 Å². The molecule has 154 valence electrons. The number of H-pyrrole nitrogens is 1. The molecule has 7 heteroatoms. The number of aromatic amines is 1. The third-order valence-electron chi connectivity index (χ3n) is 4.66. The highest BCUT2D eigenvalue weighted by Crippen LogP contribution is 2.19. The van der Waals surface area contributed by atoms with Gasteiger partial charge >= 0.3 is 11.9 Å². The number of benzene rings is 2. The molecule has 1 atom stereocenters. The van der Waals surface area contributed by atoms with E-state index < -0.39 is 23.9 Å². The SMILES string of the molecule is COC(=O)c1ccc(C=CC(=O)N[C@H](Cc2c[nH]c3ccccc23)C(=O)OC)cc1. The number of nitrogens with one attached hydrogen (secondary N) is 2. The fourth-order valence-electron chi connectivity index (χ4n) is 3.10. The van der Waals surface area contributed by atoms with E-state index in [4.69, 9.17) is 4.74 Å². The van der Waals surface area contributed by atoms with Crippen LogP contribution in [0.4, 0.5) is 0 Å². The van der Waals surface area contributed by atoms with E-state index in [0.29, 0.717) is 12.0 Å². The molecular weight excluding hydrogens is 384 g/mol. The number of aromatic nitrogens is 1. The van der Waals surface area contributed by atoms with Crippen molar-refractivity contribution in [1.82, 2.24) is 10.3 Å². The Hall–Kier alpha value is -3.87. The maximum absolute atomic E-state index is 12.4. The summed E-state index contributed by atoms with van der Waals surface area (Å²) in [5.41, 5.74) is 3.01. The average molecular weight is 406 g/mol. The fraction of sp³-hybridized carbons (Fsp3) is 0.174. The van der Waals surface area contributed by atoms with Crippen molar-refractivity contribution < 1.29 is 23.9 Å². The molecule has 0 saturated heterocycles. The minimum Gasteiger partial charge on any atom is -0.467 e. The van der Waals surface area contributed by atoms with Crippen molar-refractivity contribution in [2.24, 2.45) is 0 Å². The number of carbonyl (C=O) groups is 3. The molecule has 0 aliphatic carbocycles. The van der Waals surface area contributed by atoms with Gasteiger partial charge in [-0.25, -0.2) is 9.59 Å². The lowest BCUT2D eigenvalue weighted by Gasteiger charge is -2.15. The van der Waals surface area contributed by atoms with Crippen LogP contribution < -0.4 is 5.32 Å². The second-order valence-corrected chi connectivity index (χ2v) is 6.59. The van der Waals surface area contributed by atoms with E-state index in [1.807, 2.05) is 30.5 Å². The van der Waals surface area contributed by atoms with Crippen molar-refractivity contribution >= 4 is 34.8 Å². The first-order valence-electron chi connectivity index (χ1n) is 9.31. The summed E-state index contributed by atoms with van der Waals surface area (Å²) in [6.45, 7) is 0. The molecule has 0 aliphatic rings. The molecule has 1 amide bonds. The predicted octanol–water partition coefficient (Wildman–Crippen LogP) is 2.87. The van der Waals surface area contributed by atoms with Crippen LogP contribution >= 0.6 is 0 Å². The van der Waals surface area contributed by atoms with Gasteiger partial charge in [-0.1, -0.05) is 30.3 Å². The van der Waals surface area contributed by atoms with Crippen molar-refractivity contribution in [2.45, 2.75) is 12.5 Å². The molecule has 30 heavy (non-hydrogen) atoms. The van der Waals surface area contributed by atoms with E-state index in [2.05, 4.69) is 15.0 Å². The highest BCUT2D eigenvalue weighted by molar-refractivity contribution is 5.95. The number of esters is 2. The molecule has 0 saturated carbocycles. The zero-order valence-electron chi connectivity index (χ0n) is 16.7. The van der Waals surface area contributed by atoms with Crippen LogP contribution in [0.1, 0.15) is 21.5 Å². The van der Waals surface area contributed by atoms with Gasteiger partial charge in [-0.2, -0.15) is 0 Å². The van der Waals surface area contributed by atoms with Crippen LogP contribution in [0.15, 0.2) is 60.8 Å². The Labute approximate surface area is 173 Å². The number of rotatable bonds is 7. The minimum absolute atomic E-state index is 0.296. The summed E-state index contributed by atoms with van der Waals surface area (Å²) in [5.74, 6) is -1.38. The van der Waals surface area contributed by atoms with Gasteiger partial charge < -0.3 is 19.8 Å². The molecule has 0 radical (unpaired) electrons. The molecule has 1 heterocycles. The highest BCUT2D eigenvalue weighted by atomic mass is 16.5. The van der Waals surface area contributed by atoms with Gasteiger partial charge in [-0.15, -0.1) is 0 Å². The lowest BCUT2D eigenvalue weighted by molar-refractivity contribution is -0.144. The zero-order valence-corrected chi connectivity index (χ0v) is 16.7. The van der Waals surface area contributed by atoms with Crippen LogP contribution in [0.3, 0.4) is 0 Å². The molecule has 3 rings (SSSR count). The summed E-state index contributed by atoms with van der Waals surface area (Å²) in [6, 6.07) is 13.5. The Morgan fingerprint density at radius 1 is 1.03 bits per heavy atom. The number of amides is 1. The highest BCUT2D eigenvalue weighted by Gasteiger charge is 2.22. The maximum atomic E-state index is 12.4. The molecular formula is C23H22N2O5. The Balaban J connectivity index is 1.68. The van der Waals surface area contributed by atoms with E-state index in [0.717, 1.165) is 22.0 Å². The molecule has 2 N–H and O–H groups in total. The van der Waals surface area contributed by atoms with Gasteiger partial charge in [0, 0.05) is 29.6 Å². The number of carbonyl (C=O) groups excluding carboxylic acids is 3. The van der Waals surface area contributed by atoms with Gasteiger partial charge in [0.05, 0.1) is 19.8 Å². The third-order valence-corrected chi connectivity index (χ3v) is 4.66. The van der Waals surface area contributed by atoms with Gasteiger partial charge in [0.1, 0.15) is 6.04 Å². The van der Waals surface area contributed by atoms with Crippen LogP contribution in [-0.2, 0) is 25.5 Å². The fourth-order valence-corrected chi connectivity index (χ4v) is 3.10. The summed E-state index contributed by atoms with van der Waals surface area (Å²) in [6.07, 6.45) is 5.05. The lowest BCUT2D eigenvalue weighted by Crippen LogP contribution is -2.42. The molecule has 0 unspecified atom stereocenters. The number of methoxy groups -OCH3 is 2. The lowest BCUT2D eigenvalue weighted by atomic mass is 10.0. The zero-order chi connectivity index (χ0) is 21.5. The number of hydrogen-bond acceptors (Lipinski definition) is 5. The van der Waals surface area contributed by atoms with Crippen LogP contribution in [0, 0.1) is 0 Å². The Bertz CT molecular complexity index is 1080. The largest absolute Gasteiger partial charge is 0.467 e. The van der Waals surface area contributed by atoms with E-state index >= 15 is 0 Å². The number of para-hydroxylation sites is 1. The molecule has 0 fully saturated rings. The predicted molar refractivity (Wildman–Crippen MR) is 113 cm³/mol. The molecule has 1 aromatic heterocycles. The normalized spacial score (nSPS) is 11.9. The molecule has 2 aromatic carbocycles.